The number of nitrogens with one attached hydrogen (secondary N) is 3. The van der Waals surface area contributed by atoms with Crippen LogP contribution in [0.4, 0.5) is 5.13 Å². The molecule has 2 rings (SSSR count). The molecule has 5 N–H and O–H groups in total. The molecule has 0 spiro atoms. The van der Waals surface area contributed by atoms with E-state index in [1.165, 1.54) is 18.3 Å². The molecule has 8 heteroatoms. The molecule has 0 aliphatic rings. The Morgan fingerprint density at radius 2 is 2.05 bits per heavy atom. The van der Waals surface area contributed by atoms with Crippen LogP contribution in [0, 0.1) is 5.41 Å². The molecule has 6 nitrogen and oxygen atoms in total. The van der Waals surface area contributed by atoms with Gasteiger partial charge in [-0.3, -0.25) is 10.2 Å². The molecule has 0 atom stereocenters. The third-order valence-corrected chi connectivity index (χ3v) is 3.52. The zero-order valence-corrected chi connectivity index (χ0v) is 13.7. The number of benzene rings is 1. The van der Waals surface area contributed by atoms with Crippen molar-refractivity contribution >= 4 is 40.7 Å². The molecule has 0 bridgehead atoms. The zero-order valence-electron chi connectivity index (χ0n) is 12.1. The van der Waals surface area contributed by atoms with Crippen molar-refractivity contribution in [3.8, 4) is 11.3 Å². The van der Waals surface area contributed by atoms with Gasteiger partial charge in [0.2, 0.25) is 5.91 Å². The van der Waals surface area contributed by atoms with Crippen LogP contribution < -0.4 is 16.4 Å². The average molecular weight is 340 g/mol. The van der Waals surface area contributed by atoms with Gasteiger partial charge in [-0.15, -0.1) is 23.7 Å². The number of hydrogen-bond donors (Lipinski definition) is 4. The monoisotopic (exact) mass is 339 g/mol. The lowest BCUT2D eigenvalue weighted by molar-refractivity contribution is -0.114. The van der Waals surface area contributed by atoms with E-state index < -0.39 is 0 Å². The van der Waals surface area contributed by atoms with E-state index in [9.17, 15) is 4.79 Å². The van der Waals surface area contributed by atoms with Crippen LogP contribution in [0.5, 0.6) is 0 Å². The summed E-state index contributed by atoms with van der Waals surface area (Å²) < 4.78 is 0. The molecular formula is C14H18ClN5OS. The van der Waals surface area contributed by atoms with E-state index in [2.05, 4.69) is 15.6 Å². The highest BCUT2D eigenvalue weighted by atomic mass is 35.5. The second-order valence-electron chi connectivity index (χ2n) is 4.51. The van der Waals surface area contributed by atoms with Crippen molar-refractivity contribution in [2.75, 3.05) is 11.9 Å². The van der Waals surface area contributed by atoms with Gasteiger partial charge in [-0.05, 0) is 12.0 Å². The maximum Gasteiger partial charge on any atom is 0.223 e. The number of aromatic nitrogens is 1. The van der Waals surface area contributed by atoms with E-state index >= 15 is 0 Å². The fourth-order valence-corrected chi connectivity index (χ4v) is 2.56. The van der Waals surface area contributed by atoms with Crippen molar-refractivity contribution in [2.24, 2.45) is 5.73 Å². The van der Waals surface area contributed by atoms with E-state index in [0.717, 1.165) is 23.2 Å². The van der Waals surface area contributed by atoms with Crippen molar-refractivity contribution < 1.29 is 4.79 Å². The smallest absolute Gasteiger partial charge is 0.223 e. The quantitative estimate of drug-likeness (QED) is 0.495. The van der Waals surface area contributed by atoms with Gasteiger partial charge in [0, 0.05) is 24.4 Å². The number of rotatable bonds is 5. The maximum absolute atomic E-state index is 11.0. The van der Waals surface area contributed by atoms with Crippen molar-refractivity contribution in [1.82, 2.24) is 10.3 Å². The Kier molecular flexibility index (Phi) is 6.81. The van der Waals surface area contributed by atoms with Gasteiger partial charge in [0.15, 0.2) is 11.1 Å². The Morgan fingerprint density at radius 1 is 1.36 bits per heavy atom. The second kappa shape index (κ2) is 8.35. The fourth-order valence-electron chi connectivity index (χ4n) is 1.80. The summed E-state index contributed by atoms with van der Waals surface area (Å²) in [7, 11) is 0. The van der Waals surface area contributed by atoms with Crippen molar-refractivity contribution in [3.63, 3.8) is 0 Å². The molecule has 1 aromatic carbocycles. The molecule has 118 valence electrons. The van der Waals surface area contributed by atoms with E-state index in [-0.39, 0.29) is 24.3 Å². The predicted molar refractivity (Wildman–Crippen MR) is 92.7 cm³/mol. The van der Waals surface area contributed by atoms with E-state index in [1.807, 2.05) is 29.6 Å². The number of thiazole rings is 1. The highest BCUT2D eigenvalue weighted by molar-refractivity contribution is 7.14. The highest BCUT2D eigenvalue weighted by Crippen LogP contribution is 2.25. The molecule has 0 aliphatic carbocycles. The molecule has 0 radical (unpaired) electrons. The van der Waals surface area contributed by atoms with Crippen LogP contribution in [0.1, 0.15) is 12.5 Å². The summed E-state index contributed by atoms with van der Waals surface area (Å²) in [4.78, 5) is 15.3. The Balaban J connectivity index is 0.00000242. The lowest BCUT2D eigenvalue weighted by atomic mass is 10.1. The van der Waals surface area contributed by atoms with Crippen molar-refractivity contribution in [3.05, 3.63) is 35.2 Å². The number of nitrogens with two attached hydrogens (primary N) is 1. The molecule has 0 fully saturated rings. The maximum atomic E-state index is 11.0. The number of guanidine groups is 1. The summed E-state index contributed by atoms with van der Waals surface area (Å²) in [6.07, 6.45) is 0.800. The SMILES string of the molecule is CC(=O)Nc1nc(-c2ccc(CCNC(=N)N)cc2)cs1.Cl. The first-order valence-corrected chi connectivity index (χ1v) is 7.33. The van der Waals surface area contributed by atoms with Gasteiger partial charge in [0.25, 0.3) is 0 Å². The molecule has 0 saturated carbocycles. The van der Waals surface area contributed by atoms with Crippen molar-refractivity contribution in [1.29, 1.82) is 5.41 Å². The van der Waals surface area contributed by atoms with Crippen LogP contribution in [0.2, 0.25) is 0 Å². The molecular weight excluding hydrogens is 322 g/mol. The lowest BCUT2D eigenvalue weighted by Gasteiger charge is -2.04. The van der Waals surface area contributed by atoms with Gasteiger partial charge in [-0.2, -0.15) is 0 Å². The van der Waals surface area contributed by atoms with Gasteiger partial charge in [0.1, 0.15) is 0 Å². The highest BCUT2D eigenvalue weighted by Gasteiger charge is 2.05. The Labute approximate surface area is 139 Å². The number of anilines is 1. The van der Waals surface area contributed by atoms with Crippen LogP contribution in [-0.2, 0) is 11.2 Å². The number of carbonyl (C=O) groups is 1. The third-order valence-electron chi connectivity index (χ3n) is 2.77. The predicted octanol–water partition coefficient (Wildman–Crippen LogP) is 2.22. The van der Waals surface area contributed by atoms with Crippen LogP contribution in [0.3, 0.4) is 0 Å². The van der Waals surface area contributed by atoms with Gasteiger partial charge in [-0.25, -0.2) is 4.98 Å². The Bertz CT molecular complexity index is 641. The normalized spacial score (nSPS) is 9.68. The number of amides is 1. The van der Waals surface area contributed by atoms with Crippen LogP contribution >= 0.6 is 23.7 Å². The molecule has 1 aromatic heterocycles. The van der Waals surface area contributed by atoms with Gasteiger partial charge in [-0.1, -0.05) is 24.3 Å². The summed E-state index contributed by atoms with van der Waals surface area (Å²) in [6.45, 7) is 2.10. The number of carbonyl (C=O) groups excluding carboxylic acids is 1. The molecule has 0 unspecified atom stereocenters. The fraction of sp³-hybridized carbons (Fsp3) is 0.214. The molecule has 22 heavy (non-hydrogen) atoms. The molecule has 2 aromatic rings. The summed E-state index contributed by atoms with van der Waals surface area (Å²) in [5.41, 5.74) is 8.24. The lowest BCUT2D eigenvalue weighted by Crippen LogP contribution is -2.31. The average Bonchev–Trinajstić information content (AvgIpc) is 2.87. The standard InChI is InChI=1S/C14H17N5OS.ClH/c1-9(20)18-14-19-12(8-21-14)11-4-2-10(3-5-11)6-7-17-13(15)16;/h2-5,8H,6-7H2,1H3,(H4,15,16,17)(H,18,19,20);1H. The first-order chi connectivity index (χ1) is 10.0. The second-order valence-corrected chi connectivity index (χ2v) is 5.36. The Morgan fingerprint density at radius 3 is 2.64 bits per heavy atom. The summed E-state index contributed by atoms with van der Waals surface area (Å²) >= 11 is 1.40. The van der Waals surface area contributed by atoms with Gasteiger partial charge >= 0.3 is 0 Å². The minimum absolute atomic E-state index is 0. The van der Waals surface area contributed by atoms with Gasteiger partial charge < -0.3 is 16.4 Å². The van der Waals surface area contributed by atoms with E-state index in [4.69, 9.17) is 11.1 Å². The van der Waals surface area contributed by atoms with E-state index in [0.29, 0.717) is 11.7 Å². The molecule has 1 amide bonds. The number of halogens is 1. The largest absolute Gasteiger partial charge is 0.370 e. The number of nitrogens with zero attached hydrogens (tertiary/aromatic N) is 1. The van der Waals surface area contributed by atoms with Crippen LogP contribution in [0.15, 0.2) is 29.6 Å². The summed E-state index contributed by atoms with van der Waals surface area (Å²) in [6, 6.07) is 8.04. The van der Waals surface area contributed by atoms with Gasteiger partial charge in [0.05, 0.1) is 5.69 Å². The van der Waals surface area contributed by atoms with Crippen LogP contribution in [0.25, 0.3) is 11.3 Å². The van der Waals surface area contributed by atoms with E-state index in [1.54, 1.807) is 0 Å². The summed E-state index contributed by atoms with van der Waals surface area (Å²) in [5, 5.41) is 15.1. The first-order valence-electron chi connectivity index (χ1n) is 6.45. The first kappa shape index (κ1) is 17.9. The minimum Gasteiger partial charge on any atom is -0.370 e. The molecule has 0 aliphatic heterocycles. The third kappa shape index (κ3) is 5.34. The summed E-state index contributed by atoms with van der Waals surface area (Å²) in [5.74, 6) is -0.135. The van der Waals surface area contributed by atoms with Crippen LogP contribution in [-0.4, -0.2) is 23.4 Å². The minimum atomic E-state index is -0.121. The zero-order chi connectivity index (χ0) is 15.2. The number of hydrogen-bond acceptors (Lipinski definition) is 4. The molecule has 1 heterocycles. The molecule has 0 saturated heterocycles. The topological polar surface area (TPSA) is 104 Å². The Hall–Kier alpha value is -2.12. The van der Waals surface area contributed by atoms with Crippen molar-refractivity contribution in [2.45, 2.75) is 13.3 Å².